The van der Waals surface area contributed by atoms with Crippen molar-refractivity contribution in [1.29, 1.82) is 10.5 Å². The molecule has 2 rings (SSSR count). The summed E-state index contributed by atoms with van der Waals surface area (Å²) in [4.78, 5) is 37.2. The number of thiophene rings is 1. The van der Waals surface area contributed by atoms with Gasteiger partial charge in [-0.05, 0) is 37.8 Å². The Kier molecular flexibility index (Phi) is 6.26. The summed E-state index contributed by atoms with van der Waals surface area (Å²) in [5, 5.41) is 20.6. The molecule has 1 heterocycles. The van der Waals surface area contributed by atoms with Gasteiger partial charge in [0, 0.05) is 12.8 Å². The molecule has 0 radical (unpaired) electrons. The standard InChI is InChI=1S/C18H17N3O4S/c1-3-25-18(24)15-12-5-4-6-13(22)16(12)26-17(15)21-14(23)7-10(2)11(8-19)9-20/h3-7H2,1-2H3,(H,21,23). The number of hydrogen-bond donors (Lipinski definition) is 1. The molecule has 1 aliphatic carbocycles. The van der Waals surface area contributed by atoms with Crippen LogP contribution in [-0.4, -0.2) is 24.3 Å². The second-order valence-corrected chi connectivity index (χ2v) is 6.74. The zero-order valence-electron chi connectivity index (χ0n) is 14.5. The molecule has 134 valence electrons. The topological polar surface area (TPSA) is 120 Å². The van der Waals surface area contributed by atoms with Gasteiger partial charge in [-0.2, -0.15) is 10.5 Å². The number of amides is 1. The number of Topliss-reactive ketones (excluding diaryl/α,β-unsaturated/α-hetero) is 1. The van der Waals surface area contributed by atoms with Gasteiger partial charge in [-0.3, -0.25) is 9.59 Å². The van der Waals surface area contributed by atoms with Crippen LogP contribution in [0.1, 0.15) is 58.7 Å². The second kappa shape index (κ2) is 8.41. The minimum absolute atomic E-state index is 0.0466. The largest absolute Gasteiger partial charge is 0.462 e. The number of ketones is 1. The number of ether oxygens (including phenoxy) is 1. The molecule has 8 heteroatoms. The summed E-state index contributed by atoms with van der Waals surface area (Å²) in [6, 6.07) is 3.47. The maximum atomic E-state index is 12.3. The highest BCUT2D eigenvalue weighted by Gasteiger charge is 2.30. The first kappa shape index (κ1) is 19.4. The third-order valence-corrected chi connectivity index (χ3v) is 5.09. The second-order valence-electron chi connectivity index (χ2n) is 5.71. The Hall–Kier alpha value is -2.97. The lowest BCUT2D eigenvalue weighted by Gasteiger charge is -2.11. The normalized spacial score (nSPS) is 12.4. The van der Waals surface area contributed by atoms with Crippen LogP contribution in [0.3, 0.4) is 0 Å². The van der Waals surface area contributed by atoms with E-state index in [1.165, 1.54) is 6.92 Å². The molecule has 0 unspecified atom stereocenters. The van der Waals surface area contributed by atoms with E-state index >= 15 is 0 Å². The lowest BCUT2D eigenvalue weighted by Crippen LogP contribution is -2.16. The van der Waals surface area contributed by atoms with Crippen LogP contribution in [0.2, 0.25) is 0 Å². The monoisotopic (exact) mass is 371 g/mol. The van der Waals surface area contributed by atoms with E-state index in [9.17, 15) is 14.4 Å². The van der Waals surface area contributed by atoms with Gasteiger partial charge in [0.1, 0.15) is 22.7 Å². The van der Waals surface area contributed by atoms with Crippen LogP contribution < -0.4 is 5.32 Å². The molecule has 0 aliphatic heterocycles. The number of esters is 1. The molecule has 0 fully saturated rings. The van der Waals surface area contributed by atoms with E-state index in [1.807, 2.05) is 0 Å². The summed E-state index contributed by atoms with van der Waals surface area (Å²) in [5.41, 5.74) is 1.08. The smallest absolute Gasteiger partial charge is 0.341 e. The fourth-order valence-electron chi connectivity index (χ4n) is 2.69. The van der Waals surface area contributed by atoms with Crippen molar-refractivity contribution in [2.24, 2.45) is 0 Å². The highest BCUT2D eigenvalue weighted by molar-refractivity contribution is 7.18. The third kappa shape index (κ3) is 3.98. The first-order valence-corrected chi connectivity index (χ1v) is 8.90. The molecule has 0 atom stereocenters. The van der Waals surface area contributed by atoms with Crippen LogP contribution in [0, 0.1) is 22.7 Å². The summed E-state index contributed by atoms with van der Waals surface area (Å²) in [5.74, 6) is -1.09. The summed E-state index contributed by atoms with van der Waals surface area (Å²) < 4.78 is 5.07. The Morgan fingerprint density at radius 3 is 2.58 bits per heavy atom. The Labute approximate surface area is 154 Å². The SMILES string of the molecule is CCOC(=O)c1c(NC(=O)CC(C)=C(C#N)C#N)sc2c1CCCC2=O. The number of nitrogens with one attached hydrogen (secondary N) is 1. The minimum Gasteiger partial charge on any atom is -0.462 e. The van der Waals surface area contributed by atoms with E-state index < -0.39 is 11.9 Å². The molecule has 1 aromatic rings. The van der Waals surface area contributed by atoms with Gasteiger partial charge in [0.2, 0.25) is 5.91 Å². The van der Waals surface area contributed by atoms with Gasteiger partial charge >= 0.3 is 5.97 Å². The molecule has 0 spiro atoms. The number of anilines is 1. The van der Waals surface area contributed by atoms with Crippen molar-refractivity contribution in [1.82, 2.24) is 0 Å². The highest BCUT2D eigenvalue weighted by Crippen LogP contribution is 2.38. The number of carbonyl (C=O) groups is 3. The molecular formula is C18H17N3O4S. The van der Waals surface area contributed by atoms with E-state index in [0.717, 1.165) is 11.3 Å². The number of nitriles is 2. The first-order valence-electron chi connectivity index (χ1n) is 8.08. The predicted octanol–water partition coefficient (Wildman–Crippen LogP) is 3.14. The van der Waals surface area contributed by atoms with E-state index in [4.69, 9.17) is 15.3 Å². The van der Waals surface area contributed by atoms with Crippen LogP contribution in [0.4, 0.5) is 5.00 Å². The molecule has 1 aliphatic rings. The molecule has 0 saturated heterocycles. The molecular weight excluding hydrogens is 354 g/mol. The maximum absolute atomic E-state index is 12.3. The molecule has 7 nitrogen and oxygen atoms in total. The van der Waals surface area contributed by atoms with Gasteiger partial charge in [-0.25, -0.2) is 4.79 Å². The van der Waals surface area contributed by atoms with Gasteiger partial charge in [0.15, 0.2) is 5.78 Å². The lowest BCUT2D eigenvalue weighted by atomic mass is 9.94. The molecule has 1 amide bonds. The van der Waals surface area contributed by atoms with E-state index in [-0.39, 0.29) is 34.9 Å². The van der Waals surface area contributed by atoms with Crippen LogP contribution in [-0.2, 0) is 16.0 Å². The fourth-order valence-corrected chi connectivity index (χ4v) is 3.91. The predicted molar refractivity (Wildman–Crippen MR) is 94.7 cm³/mol. The Balaban J connectivity index is 2.35. The zero-order valence-corrected chi connectivity index (χ0v) is 15.3. The van der Waals surface area contributed by atoms with Crippen LogP contribution in [0.5, 0.6) is 0 Å². The van der Waals surface area contributed by atoms with Gasteiger partial charge in [0.25, 0.3) is 0 Å². The van der Waals surface area contributed by atoms with Crippen molar-refractivity contribution < 1.29 is 19.1 Å². The maximum Gasteiger partial charge on any atom is 0.341 e. The van der Waals surface area contributed by atoms with Crippen molar-refractivity contribution >= 4 is 34.0 Å². The Morgan fingerprint density at radius 2 is 1.96 bits per heavy atom. The van der Waals surface area contributed by atoms with Gasteiger partial charge in [-0.15, -0.1) is 11.3 Å². The van der Waals surface area contributed by atoms with E-state index in [0.29, 0.717) is 35.3 Å². The van der Waals surface area contributed by atoms with Crippen LogP contribution >= 0.6 is 11.3 Å². The molecule has 0 bridgehead atoms. The lowest BCUT2D eigenvalue weighted by molar-refractivity contribution is -0.115. The number of carbonyl (C=O) groups excluding carboxylic acids is 3. The van der Waals surface area contributed by atoms with Crippen molar-refractivity contribution in [3.05, 3.63) is 27.2 Å². The van der Waals surface area contributed by atoms with Gasteiger partial charge in [0.05, 0.1) is 17.0 Å². The Bertz CT molecular complexity index is 867. The summed E-state index contributed by atoms with van der Waals surface area (Å²) in [6.07, 6.45) is 1.49. The van der Waals surface area contributed by atoms with Crippen molar-refractivity contribution in [2.75, 3.05) is 11.9 Å². The average molecular weight is 371 g/mol. The van der Waals surface area contributed by atoms with Crippen LogP contribution in [0.25, 0.3) is 0 Å². The zero-order chi connectivity index (χ0) is 19.3. The van der Waals surface area contributed by atoms with E-state index in [2.05, 4.69) is 5.32 Å². The highest BCUT2D eigenvalue weighted by atomic mass is 32.1. The third-order valence-electron chi connectivity index (χ3n) is 3.90. The molecule has 26 heavy (non-hydrogen) atoms. The minimum atomic E-state index is -0.572. The summed E-state index contributed by atoms with van der Waals surface area (Å²) in [7, 11) is 0. The van der Waals surface area contributed by atoms with Crippen molar-refractivity contribution in [3.8, 4) is 12.1 Å². The molecule has 0 aromatic carbocycles. The summed E-state index contributed by atoms with van der Waals surface area (Å²) in [6.45, 7) is 3.39. The van der Waals surface area contributed by atoms with Gasteiger partial charge in [-0.1, -0.05) is 0 Å². The first-order chi connectivity index (χ1) is 12.4. The quantitative estimate of drug-likeness (QED) is 0.627. The van der Waals surface area contributed by atoms with E-state index in [1.54, 1.807) is 19.1 Å². The molecule has 0 saturated carbocycles. The van der Waals surface area contributed by atoms with Crippen molar-refractivity contribution in [3.63, 3.8) is 0 Å². The fraction of sp³-hybridized carbons (Fsp3) is 0.389. The Morgan fingerprint density at radius 1 is 1.27 bits per heavy atom. The average Bonchev–Trinajstić information content (AvgIpc) is 2.95. The molecule has 1 N–H and O–H groups in total. The number of rotatable bonds is 5. The number of nitrogens with zero attached hydrogens (tertiary/aromatic N) is 2. The molecule has 1 aromatic heterocycles. The summed E-state index contributed by atoms with van der Waals surface area (Å²) >= 11 is 1.07. The van der Waals surface area contributed by atoms with Crippen LogP contribution in [0.15, 0.2) is 11.1 Å². The van der Waals surface area contributed by atoms with Gasteiger partial charge < -0.3 is 10.1 Å². The number of allylic oxidation sites excluding steroid dienone is 1. The van der Waals surface area contributed by atoms with Crippen molar-refractivity contribution in [2.45, 2.75) is 39.5 Å². The number of hydrogen-bond acceptors (Lipinski definition) is 7. The number of fused-ring (bicyclic) bond motifs is 1.